The molecule has 0 saturated carbocycles. The molecule has 0 aliphatic heterocycles. The normalized spacial score (nSPS) is 11.8. The molecule has 0 saturated heterocycles. The summed E-state index contributed by atoms with van der Waals surface area (Å²) in [5.41, 5.74) is 4.23. The number of rotatable bonds is 7. The summed E-state index contributed by atoms with van der Waals surface area (Å²) in [6.07, 6.45) is 3.61. The first-order valence-corrected chi connectivity index (χ1v) is 9.58. The molecule has 3 aromatic rings. The van der Waals surface area contributed by atoms with Crippen LogP contribution in [0.5, 0.6) is 0 Å². The minimum Gasteiger partial charge on any atom is -0.336 e. The molecular formula is C22H27N5O. The summed E-state index contributed by atoms with van der Waals surface area (Å²) >= 11 is 0. The Morgan fingerprint density at radius 2 is 1.89 bits per heavy atom. The van der Waals surface area contributed by atoms with Gasteiger partial charge in [-0.25, -0.2) is 14.5 Å². The van der Waals surface area contributed by atoms with Crippen LogP contribution in [0.3, 0.4) is 0 Å². The number of amides is 2. The van der Waals surface area contributed by atoms with Crippen molar-refractivity contribution in [2.24, 2.45) is 0 Å². The number of carbonyl (C=O) groups excluding carboxylic acids is 1. The zero-order valence-corrected chi connectivity index (χ0v) is 16.6. The molecule has 6 heteroatoms. The van der Waals surface area contributed by atoms with Crippen LogP contribution in [0, 0.1) is 13.8 Å². The van der Waals surface area contributed by atoms with Crippen molar-refractivity contribution in [3.63, 3.8) is 0 Å². The van der Waals surface area contributed by atoms with Gasteiger partial charge in [-0.15, -0.1) is 0 Å². The van der Waals surface area contributed by atoms with Gasteiger partial charge in [0.1, 0.15) is 0 Å². The highest BCUT2D eigenvalue weighted by atomic mass is 16.2. The van der Waals surface area contributed by atoms with Gasteiger partial charge in [0.15, 0.2) is 5.82 Å². The molecule has 2 amide bonds. The van der Waals surface area contributed by atoms with Crippen LogP contribution in [0.25, 0.3) is 5.82 Å². The third kappa shape index (κ3) is 5.42. The summed E-state index contributed by atoms with van der Waals surface area (Å²) in [5.74, 6) is 0.772. The number of hydrogen-bond acceptors (Lipinski definition) is 3. The molecule has 0 spiro atoms. The smallest absolute Gasteiger partial charge is 0.315 e. The Bertz CT molecular complexity index is 902. The predicted molar refractivity (Wildman–Crippen MR) is 110 cm³/mol. The first kappa shape index (κ1) is 19.6. The first-order chi connectivity index (χ1) is 13.5. The molecule has 1 atom stereocenters. The number of aromatic nitrogens is 3. The summed E-state index contributed by atoms with van der Waals surface area (Å²) in [6.45, 7) is 6.41. The maximum atomic E-state index is 12.1. The third-order valence-electron chi connectivity index (χ3n) is 4.58. The molecule has 146 valence electrons. The van der Waals surface area contributed by atoms with E-state index in [1.807, 2.05) is 61.9 Å². The SMILES string of the molecule is Cc1cc(C)n(-c2ccc(CNC(=O)NC(C)CCc3ccccc3)cn2)n1. The van der Waals surface area contributed by atoms with Gasteiger partial charge in [-0.2, -0.15) is 5.10 Å². The van der Waals surface area contributed by atoms with Gasteiger partial charge >= 0.3 is 6.03 Å². The number of carbonyl (C=O) groups is 1. The maximum absolute atomic E-state index is 12.1. The van der Waals surface area contributed by atoms with Gasteiger partial charge in [-0.3, -0.25) is 0 Å². The lowest BCUT2D eigenvalue weighted by atomic mass is 10.1. The number of benzene rings is 1. The fourth-order valence-corrected chi connectivity index (χ4v) is 3.06. The molecule has 0 aliphatic carbocycles. The summed E-state index contributed by atoms with van der Waals surface area (Å²) in [7, 11) is 0. The lowest BCUT2D eigenvalue weighted by Gasteiger charge is -2.15. The van der Waals surface area contributed by atoms with Crippen molar-refractivity contribution in [1.29, 1.82) is 0 Å². The highest BCUT2D eigenvalue weighted by Crippen LogP contribution is 2.10. The number of hydrogen-bond donors (Lipinski definition) is 2. The molecule has 0 fully saturated rings. The Morgan fingerprint density at radius 3 is 2.54 bits per heavy atom. The molecule has 6 nitrogen and oxygen atoms in total. The molecule has 0 aliphatic rings. The van der Waals surface area contributed by atoms with Crippen LogP contribution in [0.15, 0.2) is 54.7 Å². The van der Waals surface area contributed by atoms with E-state index in [1.54, 1.807) is 6.20 Å². The summed E-state index contributed by atoms with van der Waals surface area (Å²) in [4.78, 5) is 16.6. The van der Waals surface area contributed by atoms with E-state index in [0.717, 1.165) is 35.6 Å². The molecule has 3 rings (SSSR count). The second-order valence-corrected chi connectivity index (χ2v) is 7.12. The third-order valence-corrected chi connectivity index (χ3v) is 4.58. The molecule has 2 aromatic heterocycles. The Balaban J connectivity index is 1.44. The van der Waals surface area contributed by atoms with Crippen molar-refractivity contribution in [2.45, 2.75) is 46.2 Å². The van der Waals surface area contributed by atoms with E-state index < -0.39 is 0 Å². The largest absolute Gasteiger partial charge is 0.336 e. The van der Waals surface area contributed by atoms with E-state index in [9.17, 15) is 4.79 Å². The topological polar surface area (TPSA) is 71.8 Å². The zero-order chi connectivity index (χ0) is 19.9. The number of nitrogens with zero attached hydrogens (tertiary/aromatic N) is 3. The van der Waals surface area contributed by atoms with E-state index in [2.05, 4.69) is 32.8 Å². The highest BCUT2D eigenvalue weighted by Gasteiger charge is 2.08. The number of nitrogens with one attached hydrogen (secondary N) is 2. The molecule has 1 aromatic carbocycles. The fraction of sp³-hybridized carbons (Fsp3) is 0.318. The second-order valence-electron chi connectivity index (χ2n) is 7.12. The highest BCUT2D eigenvalue weighted by molar-refractivity contribution is 5.74. The van der Waals surface area contributed by atoms with Crippen LogP contribution in [0.1, 0.15) is 35.9 Å². The molecular weight excluding hydrogens is 350 g/mol. The van der Waals surface area contributed by atoms with E-state index in [1.165, 1.54) is 5.56 Å². The lowest BCUT2D eigenvalue weighted by molar-refractivity contribution is 0.237. The van der Waals surface area contributed by atoms with Crippen LogP contribution in [0.2, 0.25) is 0 Å². The van der Waals surface area contributed by atoms with Gasteiger partial charge in [0, 0.05) is 24.5 Å². The molecule has 0 bridgehead atoms. The second kappa shape index (κ2) is 9.17. The van der Waals surface area contributed by atoms with Crippen LogP contribution >= 0.6 is 0 Å². The zero-order valence-electron chi connectivity index (χ0n) is 16.6. The first-order valence-electron chi connectivity index (χ1n) is 9.58. The average Bonchev–Trinajstić information content (AvgIpc) is 3.04. The Morgan fingerprint density at radius 1 is 1.11 bits per heavy atom. The van der Waals surface area contributed by atoms with Crippen LogP contribution in [-0.4, -0.2) is 26.8 Å². The van der Waals surface area contributed by atoms with Gasteiger partial charge < -0.3 is 10.6 Å². The minimum absolute atomic E-state index is 0.103. The summed E-state index contributed by atoms with van der Waals surface area (Å²) in [6, 6.07) is 16.1. The van der Waals surface area contributed by atoms with E-state index in [-0.39, 0.29) is 12.1 Å². The molecule has 1 unspecified atom stereocenters. The maximum Gasteiger partial charge on any atom is 0.315 e. The van der Waals surface area contributed by atoms with Gasteiger partial charge in [0.05, 0.1) is 5.69 Å². The van der Waals surface area contributed by atoms with Gasteiger partial charge in [-0.05, 0) is 56.9 Å². The van der Waals surface area contributed by atoms with E-state index in [0.29, 0.717) is 6.54 Å². The van der Waals surface area contributed by atoms with Crippen molar-refractivity contribution >= 4 is 6.03 Å². The molecule has 2 heterocycles. The summed E-state index contributed by atoms with van der Waals surface area (Å²) < 4.78 is 1.81. The minimum atomic E-state index is -0.164. The van der Waals surface area contributed by atoms with Crippen molar-refractivity contribution in [3.05, 3.63) is 77.2 Å². The van der Waals surface area contributed by atoms with Crippen LogP contribution in [-0.2, 0) is 13.0 Å². The lowest BCUT2D eigenvalue weighted by Crippen LogP contribution is -2.40. The van der Waals surface area contributed by atoms with Crippen LogP contribution < -0.4 is 10.6 Å². The Hall–Kier alpha value is -3.15. The van der Waals surface area contributed by atoms with Gasteiger partial charge in [-0.1, -0.05) is 36.4 Å². The predicted octanol–water partition coefficient (Wildman–Crippen LogP) is 3.70. The van der Waals surface area contributed by atoms with E-state index in [4.69, 9.17) is 0 Å². The van der Waals surface area contributed by atoms with Crippen molar-refractivity contribution in [3.8, 4) is 5.82 Å². The average molecular weight is 377 g/mol. The quantitative estimate of drug-likeness (QED) is 0.659. The number of urea groups is 1. The van der Waals surface area contributed by atoms with Crippen molar-refractivity contribution < 1.29 is 4.79 Å². The Labute approximate surface area is 166 Å². The van der Waals surface area contributed by atoms with Crippen molar-refractivity contribution in [1.82, 2.24) is 25.4 Å². The Kier molecular flexibility index (Phi) is 6.42. The van der Waals surface area contributed by atoms with E-state index >= 15 is 0 Å². The standard InChI is InChI=1S/C22H27N5O/c1-16(9-10-19-7-5-4-6-8-19)25-22(28)24-15-20-11-12-21(23-14-20)27-18(3)13-17(2)26-27/h4-8,11-14,16H,9-10,15H2,1-3H3,(H2,24,25,28). The fourth-order valence-electron chi connectivity index (χ4n) is 3.06. The van der Waals surface area contributed by atoms with Gasteiger partial charge in [0.25, 0.3) is 0 Å². The molecule has 2 N–H and O–H groups in total. The number of pyridine rings is 1. The summed E-state index contributed by atoms with van der Waals surface area (Å²) in [5, 5.41) is 10.3. The molecule has 0 radical (unpaired) electrons. The van der Waals surface area contributed by atoms with Gasteiger partial charge in [0.2, 0.25) is 0 Å². The van der Waals surface area contributed by atoms with Crippen molar-refractivity contribution in [2.75, 3.05) is 0 Å². The van der Waals surface area contributed by atoms with Crippen LogP contribution in [0.4, 0.5) is 4.79 Å². The molecule has 28 heavy (non-hydrogen) atoms. The monoisotopic (exact) mass is 377 g/mol. The number of aryl methyl sites for hydroxylation is 3.